The van der Waals surface area contributed by atoms with Gasteiger partial charge in [-0.05, 0) is 5.41 Å². The molecule has 3 nitrogen and oxygen atoms in total. The lowest BCUT2D eigenvalue weighted by Gasteiger charge is -2.61. The van der Waals surface area contributed by atoms with E-state index in [0.29, 0.717) is 18.0 Å². The van der Waals surface area contributed by atoms with Crippen molar-refractivity contribution in [1.82, 2.24) is 4.90 Å². The number of likely N-dealkylation sites (tertiary alicyclic amines) is 1. The van der Waals surface area contributed by atoms with Crippen LogP contribution in [-0.4, -0.2) is 30.2 Å². The summed E-state index contributed by atoms with van der Waals surface area (Å²) in [7, 11) is 1.44. The second-order valence-corrected chi connectivity index (χ2v) is 5.14. The van der Waals surface area contributed by atoms with Crippen molar-refractivity contribution in [2.24, 2.45) is 11.3 Å². The Hall–Kier alpha value is -0.990. The molecule has 1 fully saturated rings. The van der Waals surface area contributed by atoms with Gasteiger partial charge in [0.05, 0.1) is 13.2 Å². The van der Waals surface area contributed by atoms with Gasteiger partial charge in [-0.25, -0.2) is 4.79 Å². The van der Waals surface area contributed by atoms with Gasteiger partial charge in [0.15, 0.2) is 0 Å². The van der Waals surface area contributed by atoms with Crippen molar-refractivity contribution >= 4 is 6.09 Å². The highest BCUT2D eigenvalue weighted by molar-refractivity contribution is 5.71. The molecule has 0 aromatic heterocycles. The molecule has 0 spiro atoms. The Labute approximate surface area is 84.7 Å². The summed E-state index contributed by atoms with van der Waals surface area (Å²) in [6.45, 7) is 6.49. The molecule has 0 N–H and O–H groups in total. The molecular weight excluding hydrogens is 178 g/mol. The highest BCUT2D eigenvalue weighted by atomic mass is 16.5. The van der Waals surface area contributed by atoms with Crippen LogP contribution in [0.1, 0.15) is 20.8 Å². The lowest BCUT2D eigenvalue weighted by atomic mass is 9.63. The number of rotatable bonds is 0. The minimum atomic E-state index is -0.199. The molecule has 0 bridgehead atoms. The summed E-state index contributed by atoms with van der Waals surface area (Å²) in [5.74, 6) is 0.550. The highest BCUT2D eigenvalue weighted by Gasteiger charge is 2.57. The Morgan fingerprint density at radius 3 is 2.36 bits per heavy atom. The first-order chi connectivity index (χ1) is 6.46. The zero-order valence-electron chi connectivity index (χ0n) is 9.15. The predicted octanol–water partition coefficient (Wildman–Crippen LogP) is 2.04. The molecule has 3 unspecified atom stereocenters. The molecular formula is C11H17NO2. The largest absolute Gasteiger partial charge is 0.453 e. The Balaban J connectivity index is 2.17. The summed E-state index contributed by atoms with van der Waals surface area (Å²) in [5, 5.41) is 0. The number of carbonyl (C=O) groups is 1. The Morgan fingerprint density at radius 2 is 2.00 bits per heavy atom. The van der Waals surface area contributed by atoms with Crippen LogP contribution >= 0.6 is 0 Å². The molecule has 1 aliphatic carbocycles. The Bertz CT molecular complexity index is 290. The molecule has 78 valence electrons. The van der Waals surface area contributed by atoms with Crippen molar-refractivity contribution in [2.45, 2.75) is 32.9 Å². The van der Waals surface area contributed by atoms with Crippen LogP contribution in [-0.2, 0) is 4.74 Å². The van der Waals surface area contributed by atoms with Gasteiger partial charge in [-0.3, -0.25) is 4.90 Å². The number of methoxy groups -OCH3 is 1. The van der Waals surface area contributed by atoms with Crippen molar-refractivity contribution in [3.8, 4) is 0 Å². The molecule has 3 atom stereocenters. The van der Waals surface area contributed by atoms with Crippen molar-refractivity contribution in [2.75, 3.05) is 7.11 Å². The SMILES string of the molecule is COC(=O)N1C2C=CC2C1C(C)(C)C. The van der Waals surface area contributed by atoms with Gasteiger partial charge in [-0.1, -0.05) is 32.9 Å². The zero-order valence-corrected chi connectivity index (χ0v) is 9.15. The minimum Gasteiger partial charge on any atom is -0.453 e. The molecule has 2 rings (SSSR count). The third-order valence-corrected chi connectivity index (χ3v) is 3.18. The zero-order chi connectivity index (χ0) is 10.5. The average Bonchev–Trinajstić information content (AvgIpc) is 2.05. The molecule has 1 saturated heterocycles. The Kier molecular flexibility index (Phi) is 1.88. The van der Waals surface area contributed by atoms with Crippen molar-refractivity contribution in [1.29, 1.82) is 0 Å². The van der Waals surface area contributed by atoms with E-state index in [9.17, 15) is 4.79 Å². The molecule has 1 aliphatic heterocycles. The fourth-order valence-electron chi connectivity index (χ4n) is 2.51. The van der Waals surface area contributed by atoms with Gasteiger partial charge < -0.3 is 4.74 Å². The number of nitrogens with zero attached hydrogens (tertiary/aromatic N) is 1. The second kappa shape index (κ2) is 2.75. The lowest BCUT2D eigenvalue weighted by molar-refractivity contribution is -0.0651. The Morgan fingerprint density at radius 1 is 1.36 bits per heavy atom. The lowest BCUT2D eigenvalue weighted by Crippen LogP contribution is -2.71. The molecule has 0 saturated carbocycles. The molecule has 3 heteroatoms. The third-order valence-electron chi connectivity index (χ3n) is 3.18. The first-order valence-electron chi connectivity index (χ1n) is 5.01. The summed E-state index contributed by atoms with van der Waals surface area (Å²) < 4.78 is 4.79. The van der Waals surface area contributed by atoms with Crippen LogP contribution in [0.3, 0.4) is 0 Å². The normalized spacial score (nSPS) is 34.3. The summed E-state index contributed by atoms with van der Waals surface area (Å²) in [4.78, 5) is 13.4. The monoisotopic (exact) mass is 195 g/mol. The van der Waals surface area contributed by atoms with E-state index in [2.05, 4.69) is 32.9 Å². The quantitative estimate of drug-likeness (QED) is 0.553. The van der Waals surface area contributed by atoms with Crippen molar-refractivity contribution < 1.29 is 9.53 Å². The van der Waals surface area contributed by atoms with Gasteiger partial charge in [-0.15, -0.1) is 0 Å². The van der Waals surface area contributed by atoms with E-state index in [-0.39, 0.29) is 11.5 Å². The predicted molar refractivity (Wildman–Crippen MR) is 53.9 cm³/mol. The maximum Gasteiger partial charge on any atom is 0.410 e. The molecule has 0 radical (unpaired) electrons. The highest BCUT2D eigenvalue weighted by Crippen LogP contribution is 2.48. The van der Waals surface area contributed by atoms with Crippen LogP contribution < -0.4 is 0 Å². The minimum absolute atomic E-state index is 0.125. The summed E-state index contributed by atoms with van der Waals surface area (Å²) in [6.07, 6.45) is 4.07. The topological polar surface area (TPSA) is 29.5 Å². The number of amides is 1. The van der Waals surface area contributed by atoms with Crippen LogP contribution in [0.2, 0.25) is 0 Å². The van der Waals surface area contributed by atoms with E-state index in [1.807, 2.05) is 4.90 Å². The molecule has 2 aliphatic rings. The van der Waals surface area contributed by atoms with Gasteiger partial charge in [0.1, 0.15) is 0 Å². The van der Waals surface area contributed by atoms with Gasteiger partial charge >= 0.3 is 6.09 Å². The van der Waals surface area contributed by atoms with Crippen LogP contribution in [0.5, 0.6) is 0 Å². The molecule has 1 heterocycles. The number of hydrogen-bond acceptors (Lipinski definition) is 2. The van der Waals surface area contributed by atoms with Crippen LogP contribution in [0.25, 0.3) is 0 Å². The third kappa shape index (κ3) is 1.08. The van der Waals surface area contributed by atoms with Crippen molar-refractivity contribution in [3.63, 3.8) is 0 Å². The maximum absolute atomic E-state index is 11.5. The van der Waals surface area contributed by atoms with Gasteiger partial charge in [-0.2, -0.15) is 0 Å². The number of hydrogen-bond donors (Lipinski definition) is 0. The van der Waals surface area contributed by atoms with E-state index in [0.717, 1.165) is 0 Å². The molecule has 14 heavy (non-hydrogen) atoms. The van der Waals surface area contributed by atoms with Gasteiger partial charge in [0.25, 0.3) is 0 Å². The van der Waals surface area contributed by atoms with Crippen molar-refractivity contribution in [3.05, 3.63) is 12.2 Å². The molecule has 0 aromatic carbocycles. The van der Waals surface area contributed by atoms with E-state index in [4.69, 9.17) is 4.74 Å². The first kappa shape index (κ1) is 9.56. The van der Waals surface area contributed by atoms with E-state index in [1.165, 1.54) is 7.11 Å². The summed E-state index contributed by atoms with van der Waals surface area (Å²) >= 11 is 0. The molecule has 1 amide bonds. The first-order valence-corrected chi connectivity index (χ1v) is 5.01. The summed E-state index contributed by atoms with van der Waals surface area (Å²) in [5.41, 5.74) is 0.125. The maximum atomic E-state index is 11.5. The average molecular weight is 195 g/mol. The van der Waals surface area contributed by atoms with E-state index in [1.54, 1.807) is 0 Å². The fraction of sp³-hybridized carbons (Fsp3) is 0.727. The number of ether oxygens (including phenoxy) is 1. The van der Waals surface area contributed by atoms with E-state index >= 15 is 0 Å². The van der Waals surface area contributed by atoms with Crippen LogP contribution in [0.4, 0.5) is 4.79 Å². The summed E-state index contributed by atoms with van der Waals surface area (Å²) in [6, 6.07) is 0.594. The van der Waals surface area contributed by atoms with Gasteiger partial charge in [0.2, 0.25) is 0 Å². The fourth-order valence-corrected chi connectivity index (χ4v) is 2.51. The number of carbonyl (C=O) groups excluding carboxylic acids is 1. The van der Waals surface area contributed by atoms with Crippen LogP contribution in [0.15, 0.2) is 12.2 Å². The second-order valence-electron chi connectivity index (χ2n) is 5.14. The van der Waals surface area contributed by atoms with Crippen LogP contribution in [0, 0.1) is 11.3 Å². The molecule has 0 aromatic rings. The standard InChI is InChI=1S/C11H17NO2/c1-11(2,3)9-7-5-6-8(7)12(9)10(13)14-4/h5-9H,1-4H3. The number of fused-ring (bicyclic) bond motifs is 1. The van der Waals surface area contributed by atoms with E-state index < -0.39 is 0 Å². The smallest absolute Gasteiger partial charge is 0.410 e. The van der Waals surface area contributed by atoms with Gasteiger partial charge in [0, 0.05) is 12.0 Å².